The van der Waals surface area contributed by atoms with Gasteiger partial charge in [0, 0.05) is 0 Å². The maximum Gasteiger partial charge on any atom is 0.185 e. The van der Waals surface area contributed by atoms with E-state index < -0.39 is 29.0 Å². The number of Topliss-reactive ketones (excluding diaryl/α,β-unsaturated/α-hetero) is 1. The van der Waals surface area contributed by atoms with Crippen LogP contribution in [0.25, 0.3) is 0 Å². The van der Waals surface area contributed by atoms with Gasteiger partial charge in [-0.05, 0) is 41.4 Å². The summed E-state index contributed by atoms with van der Waals surface area (Å²) in [6.45, 7) is 2.84. The Balaban J connectivity index is 3.46. The SMILES string of the molecule is Cc1cc(Br)c(F)c(C(=O)C(C)N)c1F. The molecule has 0 aromatic heterocycles. The number of halogens is 3. The Morgan fingerprint density at radius 1 is 1.47 bits per heavy atom. The molecular formula is C10H10BrF2NO. The van der Waals surface area contributed by atoms with Crippen LogP contribution in [0.4, 0.5) is 8.78 Å². The molecule has 1 aromatic rings. The Kier molecular flexibility index (Phi) is 3.57. The second-order valence-corrected chi connectivity index (χ2v) is 4.19. The summed E-state index contributed by atoms with van der Waals surface area (Å²) in [6, 6.07) is 0.352. The molecule has 1 unspecified atom stereocenters. The van der Waals surface area contributed by atoms with Gasteiger partial charge in [-0.2, -0.15) is 0 Å². The lowest BCUT2D eigenvalue weighted by atomic mass is 10.0. The molecule has 1 aromatic carbocycles. The van der Waals surface area contributed by atoms with Crippen molar-refractivity contribution in [3.63, 3.8) is 0 Å². The van der Waals surface area contributed by atoms with Crippen molar-refractivity contribution in [2.24, 2.45) is 5.73 Å². The lowest BCUT2D eigenvalue weighted by Crippen LogP contribution is -2.28. The quantitative estimate of drug-likeness (QED) is 0.667. The fourth-order valence-electron chi connectivity index (χ4n) is 1.17. The van der Waals surface area contributed by atoms with E-state index in [1.54, 1.807) is 0 Å². The first kappa shape index (κ1) is 12.3. The normalized spacial score (nSPS) is 12.7. The first-order valence-electron chi connectivity index (χ1n) is 4.30. The second kappa shape index (κ2) is 4.37. The zero-order chi connectivity index (χ0) is 11.7. The molecule has 2 N–H and O–H groups in total. The van der Waals surface area contributed by atoms with Gasteiger partial charge < -0.3 is 5.73 Å². The smallest absolute Gasteiger partial charge is 0.185 e. The standard InChI is InChI=1S/C10H10BrF2NO/c1-4-3-6(11)9(13)7(8(4)12)10(15)5(2)14/h3,5H,14H2,1-2H3. The summed E-state index contributed by atoms with van der Waals surface area (Å²) in [5.41, 5.74) is 4.94. The fourth-order valence-corrected chi connectivity index (χ4v) is 1.72. The van der Waals surface area contributed by atoms with E-state index in [1.807, 2.05) is 0 Å². The van der Waals surface area contributed by atoms with Crippen molar-refractivity contribution in [2.75, 3.05) is 0 Å². The third-order valence-electron chi connectivity index (χ3n) is 2.00. The maximum absolute atomic E-state index is 13.5. The van der Waals surface area contributed by atoms with Gasteiger partial charge in [-0.25, -0.2) is 8.78 Å². The Morgan fingerprint density at radius 2 is 2.00 bits per heavy atom. The van der Waals surface area contributed by atoms with Crippen molar-refractivity contribution < 1.29 is 13.6 Å². The molecule has 0 saturated carbocycles. The molecule has 0 aliphatic rings. The van der Waals surface area contributed by atoms with Gasteiger partial charge in [0.1, 0.15) is 5.82 Å². The Morgan fingerprint density at radius 3 is 2.47 bits per heavy atom. The topological polar surface area (TPSA) is 43.1 Å². The van der Waals surface area contributed by atoms with Crippen LogP contribution >= 0.6 is 15.9 Å². The average molecular weight is 278 g/mol. The van der Waals surface area contributed by atoms with Crippen LogP contribution in [-0.4, -0.2) is 11.8 Å². The number of ketones is 1. The molecule has 0 fully saturated rings. The minimum atomic E-state index is -0.928. The molecule has 0 radical (unpaired) electrons. The average Bonchev–Trinajstić information content (AvgIpc) is 2.15. The van der Waals surface area contributed by atoms with Crippen molar-refractivity contribution in [3.05, 3.63) is 33.3 Å². The van der Waals surface area contributed by atoms with Crippen molar-refractivity contribution in [1.82, 2.24) is 0 Å². The highest BCUT2D eigenvalue weighted by Crippen LogP contribution is 2.25. The summed E-state index contributed by atoms with van der Waals surface area (Å²) in [4.78, 5) is 11.5. The lowest BCUT2D eigenvalue weighted by molar-refractivity contribution is 0.0959. The molecule has 0 saturated heterocycles. The van der Waals surface area contributed by atoms with Crippen LogP contribution in [0.5, 0.6) is 0 Å². The zero-order valence-electron chi connectivity index (χ0n) is 8.27. The molecule has 0 aliphatic carbocycles. The van der Waals surface area contributed by atoms with E-state index in [1.165, 1.54) is 19.9 Å². The summed E-state index contributed by atoms with van der Waals surface area (Å²) in [5.74, 6) is -2.49. The number of hydrogen-bond acceptors (Lipinski definition) is 2. The van der Waals surface area contributed by atoms with Gasteiger partial charge in [-0.15, -0.1) is 0 Å². The van der Waals surface area contributed by atoms with Crippen LogP contribution in [0.2, 0.25) is 0 Å². The number of rotatable bonds is 2. The highest BCUT2D eigenvalue weighted by molar-refractivity contribution is 9.10. The molecule has 0 bridgehead atoms. The van der Waals surface area contributed by atoms with Gasteiger partial charge in [-0.3, -0.25) is 4.79 Å². The number of benzene rings is 1. The van der Waals surface area contributed by atoms with Crippen molar-refractivity contribution >= 4 is 21.7 Å². The van der Waals surface area contributed by atoms with E-state index in [2.05, 4.69) is 15.9 Å². The van der Waals surface area contributed by atoms with Crippen LogP contribution < -0.4 is 5.73 Å². The van der Waals surface area contributed by atoms with Crippen molar-refractivity contribution in [1.29, 1.82) is 0 Å². The van der Waals surface area contributed by atoms with Gasteiger partial charge >= 0.3 is 0 Å². The maximum atomic E-state index is 13.5. The molecule has 0 aliphatic heterocycles. The summed E-state index contributed by atoms with van der Waals surface area (Å²) >= 11 is 2.91. The molecular weight excluding hydrogens is 268 g/mol. The summed E-state index contributed by atoms with van der Waals surface area (Å²) < 4.78 is 27.1. The van der Waals surface area contributed by atoms with Gasteiger partial charge in [-0.1, -0.05) is 0 Å². The second-order valence-electron chi connectivity index (χ2n) is 3.33. The predicted octanol–water partition coefficient (Wildman–Crippen LogP) is 2.57. The summed E-state index contributed by atoms with van der Waals surface area (Å²) in [5, 5.41) is 0. The lowest BCUT2D eigenvalue weighted by Gasteiger charge is -2.10. The highest BCUT2D eigenvalue weighted by Gasteiger charge is 2.23. The number of aryl methyl sites for hydroxylation is 1. The van der Waals surface area contributed by atoms with Crippen LogP contribution in [0.15, 0.2) is 10.5 Å². The number of nitrogens with two attached hydrogens (primary N) is 1. The van der Waals surface area contributed by atoms with Gasteiger partial charge in [0.05, 0.1) is 16.1 Å². The summed E-state index contributed by atoms with van der Waals surface area (Å²) in [7, 11) is 0. The number of carbonyl (C=O) groups excluding carboxylic acids is 1. The first-order valence-corrected chi connectivity index (χ1v) is 5.09. The van der Waals surface area contributed by atoms with Gasteiger partial charge in [0.2, 0.25) is 0 Å². The molecule has 1 rings (SSSR count). The molecule has 0 spiro atoms. The Labute approximate surface area is 94.6 Å². The van der Waals surface area contributed by atoms with Crippen LogP contribution in [0, 0.1) is 18.6 Å². The van der Waals surface area contributed by atoms with E-state index in [4.69, 9.17) is 5.73 Å². The van der Waals surface area contributed by atoms with E-state index in [-0.39, 0.29) is 10.0 Å². The zero-order valence-corrected chi connectivity index (χ0v) is 9.86. The molecule has 82 valence electrons. The summed E-state index contributed by atoms with van der Waals surface area (Å²) in [6.07, 6.45) is 0. The molecule has 5 heteroatoms. The van der Waals surface area contributed by atoms with Crippen molar-refractivity contribution in [2.45, 2.75) is 19.9 Å². The molecule has 0 heterocycles. The highest BCUT2D eigenvalue weighted by atomic mass is 79.9. The fraction of sp³-hybridized carbons (Fsp3) is 0.300. The van der Waals surface area contributed by atoms with Crippen LogP contribution in [0.1, 0.15) is 22.8 Å². The Bertz CT molecular complexity index is 392. The number of carbonyl (C=O) groups is 1. The molecule has 2 nitrogen and oxygen atoms in total. The third kappa shape index (κ3) is 2.23. The molecule has 1 atom stereocenters. The molecule has 0 amide bonds. The van der Waals surface area contributed by atoms with Gasteiger partial charge in [0.25, 0.3) is 0 Å². The van der Waals surface area contributed by atoms with E-state index in [9.17, 15) is 13.6 Å². The third-order valence-corrected chi connectivity index (χ3v) is 2.58. The van der Waals surface area contributed by atoms with Crippen LogP contribution in [-0.2, 0) is 0 Å². The van der Waals surface area contributed by atoms with Crippen LogP contribution in [0.3, 0.4) is 0 Å². The predicted molar refractivity (Wildman–Crippen MR) is 56.8 cm³/mol. The largest absolute Gasteiger partial charge is 0.321 e. The van der Waals surface area contributed by atoms with E-state index in [0.717, 1.165) is 0 Å². The molecule has 15 heavy (non-hydrogen) atoms. The van der Waals surface area contributed by atoms with Crippen molar-refractivity contribution in [3.8, 4) is 0 Å². The first-order chi connectivity index (χ1) is 6.86. The minimum Gasteiger partial charge on any atom is -0.321 e. The van der Waals surface area contributed by atoms with E-state index in [0.29, 0.717) is 0 Å². The van der Waals surface area contributed by atoms with E-state index >= 15 is 0 Å². The monoisotopic (exact) mass is 277 g/mol. The Hall–Kier alpha value is -0.810. The number of hydrogen-bond donors (Lipinski definition) is 1. The minimum absolute atomic E-state index is 0.0606. The van der Waals surface area contributed by atoms with Gasteiger partial charge in [0.15, 0.2) is 11.6 Å².